The lowest BCUT2D eigenvalue weighted by Crippen LogP contribution is -2.52. The van der Waals surface area contributed by atoms with Crippen molar-refractivity contribution in [3.8, 4) is 5.40 Å². The number of hydrogen-bond acceptors (Lipinski definition) is 2. The Morgan fingerprint density at radius 2 is 0.792 bits per heavy atom. The summed E-state index contributed by atoms with van der Waals surface area (Å²) < 4.78 is 1.38. The zero-order valence-corrected chi connectivity index (χ0v) is 18.6. The lowest BCUT2D eigenvalue weighted by atomic mass is 10.0. The molecule has 0 aliphatic carbocycles. The van der Waals surface area contributed by atoms with Crippen molar-refractivity contribution in [2.45, 2.75) is 81.1 Å². The van der Waals surface area contributed by atoms with Crippen molar-refractivity contribution in [3.63, 3.8) is 0 Å². The quantitative estimate of drug-likeness (QED) is 0.243. The standard InChI is InChI=1S/C20H44N.CHNS/c1-17(2)9-13-21(14-10-18(3)4,15-11-19(5)6)16-12-20(7)8;2-1-3/h17-20H,9-16H2,1-8H3;3H/q+1;/p-1. The van der Waals surface area contributed by atoms with E-state index in [1.54, 1.807) is 0 Å². The normalized spacial score (nSPS) is 11.8. The van der Waals surface area contributed by atoms with Crippen molar-refractivity contribution < 1.29 is 4.48 Å². The first-order valence-corrected chi connectivity index (χ1v) is 10.4. The van der Waals surface area contributed by atoms with Gasteiger partial charge in [0.05, 0.1) is 26.2 Å². The molecule has 0 amide bonds. The fourth-order valence-electron chi connectivity index (χ4n) is 2.80. The molecule has 0 fully saturated rings. The molecule has 0 spiro atoms. The molecule has 0 rings (SSSR count). The second-order valence-corrected chi connectivity index (χ2v) is 9.24. The first-order valence-electron chi connectivity index (χ1n) is 9.94. The highest BCUT2D eigenvalue weighted by Gasteiger charge is 2.27. The van der Waals surface area contributed by atoms with Gasteiger partial charge in [0.25, 0.3) is 0 Å². The van der Waals surface area contributed by atoms with Crippen molar-refractivity contribution in [3.05, 3.63) is 0 Å². The number of hydrogen-bond donors (Lipinski definition) is 0. The number of nitrogens with zero attached hydrogens (tertiary/aromatic N) is 2. The van der Waals surface area contributed by atoms with Crippen LogP contribution in [-0.2, 0) is 12.6 Å². The summed E-state index contributed by atoms with van der Waals surface area (Å²) in [4.78, 5) is 0. The molecule has 0 saturated carbocycles. The van der Waals surface area contributed by atoms with Crippen LogP contribution in [0.4, 0.5) is 0 Å². The minimum atomic E-state index is 0.833. The van der Waals surface area contributed by atoms with E-state index in [0.29, 0.717) is 0 Å². The molecular formula is C21H44N2S. The van der Waals surface area contributed by atoms with Crippen molar-refractivity contribution in [2.24, 2.45) is 23.7 Å². The summed E-state index contributed by atoms with van der Waals surface area (Å²) >= 11 is 3.70. The van der Waals surface area contributed by atoms with Crippen LogP contribution in [0.2, 0.25) is 0 Å². The van der Waals surface area contributed by atoms with E-state index in [4.69, 9.17) is 5.26 Å². The second-order valence-electron chi connectivity index (χ2n) is 9.06. The predicted molar refractivity (Wildman–Crippen MR) is 111 cm³/mol. The van der Waals surface area contributed by atoms with Crippen molar-refractivity contribution in [1.82, 2.24) is 0 Å². The molecule has 3 heteroatoms. The van der Waals surface area contributed by atoms with E-state index in [9.17, 15) is 0 Å². The van der Waals surface area contributed by atoms with Gasteiger partial charge in [0, 0.05) is 0 Å². The molecule has 144 valence electrons. The van der Waals surface area contributed by atoms with Gasteiger partial charge in [0.2, 0.25) is 0 Å². The van der Waals surface area contributed by atoms with Gasteiger partial charge in [-0.1, -0.05) is 60.8 Å². The Bertz CT molecular complexity index is 263. The predicted octanol–water partition coefficient (Wildman–Crippen LogP) is 6.00. The zero-order chi connectivity index (χ0) is 19.2. The van der Waals surface area contributed by atoms with E-state index in [1.165, 1.54) is 61.7 Å². The highest BCUT2D eigenvalue weighted by Crippen LogP contribution is 2.21. The van der Waals surface area contributed by atoms with Crippen LogP contribution in [0, 0.1) is 34.3 Å². The smallest absolute Gasteiger partial charge is 0.0789 e. The molecule has 0 N–H and O–H groups in total. The van der Waals surface area contributed by atoms with E-state index in [1.807, 2.05) is 0 Å². The Hall–Kier alpha value is -0.330. The van der Waals surface area contributed by atoms with Gasteiger partial charge in [-0.3, -0.25) is 0 Å². The minimum Gasteiger partial charge on any atom is -0.696 e. The van der Waals surface area contributed by atoms with Crippen LogP contribution in [0.25, 0.3) is 0 Å². The molecule has 0 bridgehead atoms. The molecule has 0 aromatic heterocycles. The molecule has 0 atom stereocenters. The van der Waals surface area contributed by atoms with Gasteiger partial charge in [0.1, 0.15) is 0 Å². The summed E-state index contributed by atoms with van der Waals surface area (Å²) in [5, 5.41) is 8.47. The van der Waals surface area contributed by atoms with Gasteiger partial charge in [-0.05, 0) is 49.4 Å². The Morgan fingerprint density at radius 3 is 0.917 bits per heavy atom. The largest absolute Gasteiger partial charge is 0.696 e. The van der Waals surface area contributed by atoms with E-state index >= 15 is 0 Å². The SMILES string of the molecule is CC(C)CC[N+](CCC(C)C)(CCC(C)C)CCC(C)C.N#C[S-]. The number of quaternary nitrogens is 1. The third-order valence-corrected chi connectivity index (χ3v) is 4.72. The molecule has 0 aromatic rings. The maximum Gasteiger partial charge on any atom is 0.0789 e. The van der Waals surface area contributed by atoms with Gasteiger partial charge in [-0.15, -0.1) is 0 Å². The van der Waals surface area contributed by atoms with Gasteiger partial charge in [0.15, 0.2) is 0 Å². The van der Waals surface area contributed by atoms with Gasteiger partial charge in [-0.25, -0.2) is 5.26 Å². The lowest BCUT2D eigenvalue weighted by Gasteiger charge is -2.41. The average molecular weight is 357 g/mol. The maximum absolute atomic E-state index is 7.13. The number of rotatable bonds is 12. The minimum absolute atomic E-state index is 0.833. The molecule has 0 aromatic carbocycles. The van der Waals surface area contributed by atoms with Crippen LogP contribution in [0.15, 0.2) is 0 Å². The van der Waals surface area contributed by atoms with Crippen LogP contribution >= 0.6 is 0 Å². The fourth-order valence-corrected chi connectivity index (χ4v) is 2.80. The van der Waals surface area contributed by atoms with Crippen LogP contribution in [0.1, 0.15) is 81.1 Å². The van der Waals surface area contributed by atoms with Crippen molar-refractivity contribution >= 4 is 12.6 Å². The molecule has 0 heterocycles. The third kappa shape index (κ3) is 16.5. The summed E-state index contributed by atoms with van der Waals surface area (Å²) in [6, 6.07) is 0. The summed E-state index contributed by atoms with van der Waals surface area (Å²) in [7, 11) is 0. The van der Waals surface area contributed by atoms with Crippen molar-refractivity contribution in [1.29, 1.82) is 5.26 Å². The number of nitriles is 1. The highest BCUT2D eigenvalue weighted by molar-refractivity contribution is 7.64. The Labute approximate surface area is 159 Å². The Balaban J connectivity index is 0. The highest BCUT2D eigenvalue weighted by atomic mass is 32.1. The van der Waals surface area contributed by atoms with Crippen LogP contribution in [0.3, 0.4) is 0 Å². The van der Waals surface area contributed by atoms with Gasteiger partial charge < -0.3 is 17.1 Å². The topological polar surface area (TPSA) is 23.8 Å². The fraction of sp³-hybridized carbons (Fsp3) is 0.952. The monoisotopic (exact) mass is 356 g/mol. The summed E-state index contributed by atoms with van der Waals surface area (Å²) in [6.07, 6.45) is 5.53. The van der Waals surface area contributed by atoms with Gasteiger partial charge >= 0.3 is 0 Å². The van der Waals surface area contributed by atoms with E-state index in [2.05, 4.69) is 68.0 Å². The Kier molecular flexibility index (Phi) is 16.2. The van der Waals surface area contributed by atoms with Crippen molar-refractivity contribution in [2.75, 3.05) is 26.2 Å². The van der Waals surface area contributed by atoms with E-state index in [-0.39, 0.29) is 0 Å². The molecule has 0 unspecified atom stereocenters. The first kappa shape index (κ1) is 25.9. The summed E-state index contributed by atoms with van der Waals surface area (Å²) in [5.41, 5.74) is 0. The second kappa shape index (κ2) is 15.0. The third-order valence-electron chi connectivity index (χ3n) is 4.72. The molecule has 0 radical (unpaired) electrons. The zero-order valence-electron chi connectivity index (χ0n) is 17.8. The summed E-state index contributed by atoms with van der Waals surface area (Å²) in [5.74, 6) is 3.33. The molecule has 0 saturated heterocycles. The number of thiocyanates is 1. The van der Waals surface area contributed by atoms with Crippen LogP contribution in [0.5, 0.6) is 0 Å². The molecule has 2 nitrogen and oxygen atoms in total. The van der Waals surface area contributed by atoms with Crippen LogP contribution in [-0.4, -0.2) is 30.7 Å². The lowest BCUT2D eigenvalue weighted by molar-refractivity contribution is -0.930. The summed E-state index contributed by atoms with van der Waals surface area (Å²) in [6.45, 7) is 24.6. The average Bonchev–Trinajstić information content (AvgIpc) is 2.46. The molecule has 0 aliphatic rings. The molecule has 0 aliphatic heterocycles. The molecule has 24 heavy (non-hydrogen) atoms. The molecular weight excluding hydrogens is 312 g/mol. The Morgan fingerprint density at radius 1 is 0.625 bits per heavy atom. The maximum atomic E-state index is 7.13. The van der Waals surface area contributed by atoms with Crippen LogP contribution < -0.4 is 0 Å². The first-order chi connectivity index (χ1) is 11.1. The van der Waals surface area contributed by atoms with Gasteiger partial charge in [-0.2, -0.15) is 0 Å². The van der Waals surface area contributed by atoms with E-state index in [0.717, 1.165) is 23.7 Å². The van der Waals surface area contributed by atoms with E-state index < -0.39 is 0 Å².